The molecule has 0 aliphatic carbocycles. The number of aliphatic imine (C=N–C) groups is 1. The van der Waals surface area contributed by atoms with Gasteiger partial charge in [-0.05, 0) is 56.3 Å². The van der Waals surface area contributed by atoms with Crippen LogP contribution in [0.2, 0.25) is 0 Å². The summed E-state index contributed by atoms with van der Waals surface area (Å²) >= 11 is 4.52. The van der Waals surface area contributed by atoms with Gasteiger partial charge in [-0.3, -0.25) is 0 Å². The SMILES string of the molecule is C.COC1=C/C/C(CCCCN=C=S)=C\NC/C=C\1O. The molecule has 0 spiro atoms. The van der Waals surface area contributed by atoms with Crippen molar-refractivity contribution in [2.45, 2.75) is 33.1 Å². The molecule has 0 saturated heterocycles. The number of isothiocyanates is 1. The van der Waals surface area contributed by atoms with E-state index >= 15 is 0 Å². The second-order valence-corrected chi connectivity index (χ2v) is 4.39. The molecule has 0 aromatic carbocycles. The number of hydrogen-bond acceptors (Lipinski definition) is 5. The van der Waals surface area contributed by atoms with Gasteiger partial charge >= 0.3 is 0 Å². The molecule has 1 aliphatic rings. The van der Waals surface area contributed by atoms with Crippen molar-refractivity contribution < 1.29 is 9.84 Å². The minimum Gasteiger partial charge on any atom is -0.504 e. The maximum atomic E-state index is 9.73. The number of nitrogens with zero attached hydrogens (tertiary/aromatic N) is 1. The van der Waals surface area contributed by atoms with Gasteiger partial charge in [-0.15, -0.1) is 0 Å². The van der Waals surface area contributed by atoms with Crippen molar-refractivity contribution >= 4 is 17.4 Å². The maximum Gasteiger partial charge on any atom is 0.156 e. The predicted molar refractivity (Wildman–Crippen MR) is 87.0 cm³/mol. The number of allylic oxidation sites excluding steroid dienone is 2. The van der Waals surface area contributed by atoms with Crippen molar-refractivity contribution in [2.24, 2.45) is 4.99 Å². The van der Waals surface area contributed by atoms with E-state index < -0.39 is 0 Å². The van der Waals surface area contributed by atoms with E-state index in [4.69, 9.17) is 4.74 Å². The van der Waals surface area contributed by atoms with E-state index in [0.29, 0.717) is 12.3 Å². The van der Waals surface area contributed by atoms with Crippen molar-refractivity contribution in [3.8, 4) is 0 Å². The Kier molecular flexibility index (Phi) is 10.4. The number of ether oxygens (including phenoxy) is 1. The standard InChI is InChI=1S/C14H20N2O2S.CH4/c1-18-14-6-5-12(4-2-3-8-16-11-19)10-15-9-7-13(14)17;/h6-7,10,15,17H,2-5,8-9H2,1H3;1H4/b12-10-,13-7+,14-6+;. The van der Waals surface area contributed by atoms with Crippen LogP contribution in [0.15, 0.2) is 40.4 Å². The lowest BCUT2D eigenvalue weighted by atomic mass is 10.1. The number of rotatable bonds is 6. The average Bonchev–Trinajstić information content (AvgIpc) is 2.50. The van der Waals surface area contributed by atoms with Crippen LogP contribution in [0.5, 0.6) is 0 Å². The molecule has 0 amide bonds. The highest BCUT2D eigenvalue weighted by molar-refractivity contribution is 7.78. The van der Waals surface area contributed by atoms with Gasteiger partial charge in [-0.25, -0.2) is 4.99 Å². The summed E-state index contributed by atoms with van der Waals surface area (Å²) in [4.78, 5) is 3.89. The first-order chi connectivity index (χ1) is 9.27. The Morgan fingerprint density at radius 3 is 2.95 bits per heavy atom. The number of hydrogen-bond donors (Lipinski definition) is 2. The van der Waals surface area contributed by atoms with E-state index in [1.54, 1.807) is 13.2 Å². The summed E-state index contributed by atoms with van der Waals surface area (Å²) in [5, 5.41) is 15.3. The lowest BCUT2D eigenvalue weighted by Gasteiger charge is -2.06. The summed E-state index contributed by atoms with van der Waals surface area (Å²) in [6, 6.07) is 0. The van der Waals surface area contributed by atoms with Crippen LogP contribution in [-0.4, -0.2) is 30.5 Å². The highest BCUT2D eigenvalue weighted by Crippen LogP contribution is 2.17. The average molecular weight is 296 g/mol. The third-order valence-corrected chi connectivity index (χ3v) is 2.95. The van der Waals surface area contributed by atoms with Gasteiger partial charge in [-0.2, -0.15) is 0 Å². The molecule has 1 rings (SSSR count). The fraction of sp³-hybridized carbons (Fsp3) is 0.533. The molecule has 1 heterocycles. The van der Waals surface area contributed by atoms with Gasteiger partial charge in [-0.1, -0.05) is 13.0 Å². The monoisotopic (exact) mass is 296 g/mol. The number of unbranched alkanes of at least 4 members (excludes halogenated alkanes) is 1. The van der Waals surface area contributed by atoms with E-state index in [0.717, 1.165) is 32.2 Å². The van der Waals surface area contributed by atoms with Crippen LogP contribution in [0, 0.1) is 0 Å². The van der Waals surface area contributed by atoms with Crippen LogP contribution < -0.4 is 5.32 Å². The first-order valence-electron chi connectivity index (χ1n) is 6.36. The highest BCUT2D eigenvalue weighted by Gasteiger charge is 2.05. The molecular formula is C15H24N2O2S. The smallest absolute Gasteiger partial charge is 0.156 e. The van der Waals surface area contributed by atoms with Crippen LogP contribution in [0.25, 0.3) is 0 Å². The molecule has 1 aliphatic heterocycles. The molecule has 0 aromatic rings. The molecule has 5 heteroatoms. The lowest BCUT2D eigenvalue weighted by molar-refractivity contribution is 0.254. The molecule has 0 radical (unpaired) electrons. The fourth-order valence-corrected chi connectivity index (χ4v) is 1.89. The molecule has 4 nitrogen and oxygen atoms in total. The van der Waals surface area contributed by atoms with E-state index in [-0.39, 0.29) is 13.2 Å². The third-order valence-electron chi connectivity index (χ3n) is 2.82. The molecule has 112 valence electrons. The normalized spacial score (nSPS) is 22.6. The number of aliphatic hydroxyl groups is 1. The van der Waals surface area contributed by atoms with Gasteiger partial charge in [0, 0.05) is 13.1 Å². The second kappa shape index (κ2) is 11.3. The fourth-order valence-electron chi connectivity index (χ4n) is 1.80. The Labute approximate surface area is 126 Å². The molecular weight excluding hydrogens is 272 g/mol. The molecule has 0 aromatic heterocycles. The largest absolute Gasteiger partial charge is 0.504 e. The summed E-state index contributed by atoms with van der Waals surface area (Å²) in [5.74, 6) is 0.708. The van der Waals surface area contributed by atoms with E-state index in [2.05, 4.69) is 27.7 Å². The summed E-state index contributed by atoms with van der Waals surface area (Å²) in [5.41, 5.74) is 1.28. The Morgan fingerprint density at radius 1 is 1.45 bits per heavy atom. The zero-order valence-electron chi connectivity index (χ0n) is 11.2. The molecule has 0 unspecified atom stereocenters. The number of aliphatic hydroxyl groups excluding tert-OH is 1. The molecule has 2 N–H and O–H groups in total. The first kappa shape index (κ1) is 18.4. The predicted octanol–water partition coefficient (Wildman–Crippen LogP) is 3.75. The first-order valence-corrected chi connectivity index (χ1v) is 6.77. The van der Waals surface area contributed by atoms with Gasteiger partial charge in [0.05, 0.1) is 12.3 Å². The van der Waals surface area contributed by atoms with Crippen molar-refractivity contribution in [3.05, 3.63) is 35.4 Å². The zero-order valence-corrected chi connectivity index (χ0v) is 12.0. The van der Waals surface area contributed by atoms with Gasteiger partial charge in [0.2, 0.25) is 0 Å². The van der Waals surface area contributed by atoms with E-state index in [1.165, 1.54) is 5.57 Å². The molecule has 0 atom stereocenters. The third kappa shape index (κ3) is 7.12. The Morgan fingerprint density at radius 2 is 2.25 bits per heavy atom. The van der Waals surface area contributed by atoms with Crippen LogP contribution in [0.3, 0.4) is 0 Å². The Balaban J connectivity index is 0.00000361. The van der Waals surface area contributed by atoms with Crippen molar-refractivity contribution in [2.75, 3.05) is 20.2 Å². The number of thiocarbonyl (C=S) groups is 1. The Bertz CT molecular complexity index is 422. The van der Waals surface area contributed by atoms with Gasteiger partial charge in [0.15, 0.2) is 11.5 Å². The summed E-state index contributed by atoms with van der Waals surface area (Å²) in [6.07, 6.45) is 9.44. The summed E-state index contributed by atoms with van der Waals surface area (Å²) in [6.45, 7) is 1.33. The van der Waals surface area contributed by atoms with Gasteiger partial charge < -0.3 is 15.2 Å². The summed E-state index contributed by atoms with van der Waals surface area (Å²) in [7, 11) is 1.56. The minimum atomic E-state index is 0. The van der Waals surface area contributed by atoms with Crippen molar-refractivity contribution in [3.63, 3.8) is 0 Å². The topological polar surface area (TPSA) is 53.8 Å². The van der Waals surface area contributed by atoms with Gasteiger partial charge in [0.1, 0.15) is 0 Å². The van der Waals surface area contributed by atoms with E-state index in [1.807, 2.05) is 12.3 Å². The zero-order chi connectivity index (χ0) is 13.9. The van der Waals surface area contributed by atoms with Crippen LogP contribution in [0.4, 0.5) is 0 Å². The molecule has 20 heavy (non-hydrogen) atoms. The quantitative estimate of drug-likeness (QED) is 0.445. The van der Waals surface area contributed by atoms with Gasteiger partial charge in [0.25, 0.3) is 0 Å². The second-order valence-electron chi connectivity index (χ2n) is 4.21. The number of nitrogens with one attached hydrogen (secondary N) is 1. The number of methoxy groups -OCH3 is 1. The maximum absolute atomic E-state index is 9.73. The van der Waals surface area contributed by atoms with Crippen molar-refractivity contribution in [1.82, 2.24) is 5.32 Å². The van der Waals surface area contributed by atoms with E-state index in [9.17, 15) is 5.11 Å². The highest BCUT2D eigenvalue weighted by atomic mass is 32.1. The van der Waals surface area contributed by atoms with Crippen LogP contribution in [-0.2, 0) is 4.74 Å². The van der Waals surface area contributed by atoms with Crippen LogP contribution in [0.1, 0.15) is 33.1 Å². The molecule has 0 fully saturated rings. The Hall–Kier alpha value is -1.58. The molecule has 0 bridgehead atoms. The van der Waals surface area contributed by atoms with Crippen molar-refractivity contribution in [1.29, 1.82) is 0 Å². The molecule has 0 saturated carbocycles. The minimum absolute atomic E-state index is 0. The summed E-state index contributed by atoms with van der Waals surface area (Å²) < 4.78 is 5.15. The lowest BCUT2D eigenvalue weighted by Crippen LogP contribution is -2.06. The van der Waals surface area contributed by atoms with Crippen LogP contribution >= 0.6 is 12.2 Å².